The highest BCUT2D eigenvalue weighted by atomic mass is 16.2. The first-order valence-corrected chi connectivity index (χ1v) is 9.14. The molecule has 4 aromatic rings. The van der Waals surface area contributed by atoms with Crippen LogP contribution in [0.5, 0.6) is 0 Å². The first-order valence-electron chi connectivity index (χ1n) is 9.14. The van der Waals surface area contributed by atoms with Gasteiger partial charge in [0.2, 0.25) is 5.91 Å². The van der Waals surface area contributed by atoms with Gasteiger partial charge < -0.3 is 15.2 Å². The highest BCUT2D eigenvalue weighted by molar-refractivity contribution is 5.95. The summed E-state index contributed by atoms with van der Waals surface area (Å²) in [5.41, 5.74) is 2.82. The number of aryl methyl sites for hydroxylation is 1. The fourth-order valence-electron chi connectivity index (χ4n) is 3.13. The van der Waals surface area contributed by atoms with Crippen LogP contribution >= 0.6 is 0 Å². The molecule has 8 nitrogen and oxygen atoms in total. The minimum absolute atomic E-state index is 0.205. The number of amides is 2. The standard InChI is InChI=1S/C21H20N6O2/c1-14(28)23-19-12-17(25-27(19)15-8-4-3-5-9-15)21(29)22-13-20-24-16-10-6-7-11-18(16)26(20)2/h3-12H,13H2,1-2H3,(H,22,29)(H,23,28). The predicted octanol–water partition coefficient (Wildman–Crippen LogP) is 2.65. The van der Waals surface area contributed by atoms with E-state index in [0.29, 0.717) is 5.82 Å². The summed E-state index contributed by atoms with van der Waals surface area (Å²) in [6.45, 7) is 1.67. The van der Waals surface area contributed by atoms with Crippen LogP contribution in [-0.4, -0.2) is 31.1 Å². The minimum atomic E-state index is -0.349. The number of aromatic nitrogens is 4. The van der Waals surface area contributed by atoms with Gasteiger partial charge in [0, 0.05) is 20.0 Å². The molecule has 2 aromatic heterocycles. The summed E-state index contributed by atoms with van der Waals surface area (Å²) in [6.07, 6.45) is 0. The Labute approximate surface area is 167 Å². The molecule has 8 heteroatoms. The second-order valence-corrected chi connectivity index (χ2v) is 6.60. The Balaban J connectivity index is 1.57. The van der Waals surface area contributed by atoms with Gasteiger partial charge in [-0.15, -0.1) is 0 Å². The molecule has 0 saturated heterocycles. The normalized spacial score (nSPS) is 10.8. The first-order chi connectivity index (χ1) is 14.0. The quantitative estimate of drug-likeness (QED) is 0.550. The van der Waals surface area contributed by atoms with Crippen LogP contribution in [0.15, 0.2) is 60.7 Å². The average molecular weight is 388 g/mol. The van der Waals surface area contributed by atoms with E-state index in [4.69, 9.17) is 0 Å². The summed E-state index contributed by atoms with van der Waals surface area (Å²) < 4.78 is 3.48. The number of nitrogens with zero attached hydrogens (tertiary/aromatic N) is 4. The maximum atomic E-state index is 12.7. The van der Waals surface area contributed by atoms with Gasteiger partial charge in [-0.3, -0.25) is 9.59 Å². The lowest BCUT2D eigenvalue weighted by Gasteiger charge is -2.06. The Bertz CT molecular complexity index is 1190. The molecule has 4 rings (SSSR count). The molecule has 0 bridgehead atoms. The zero-order valence-electron chi connectivity index (χ0n) is 16.1. The molecule has 0 aliphatic heterocycles. The number of fused-ring (bicyclic) bond motifs is 1. The van der Waals surface area contributed by atoms with Gasteiger partial charge in [-0.25, -0.2) is 9.67 Å². The second-order valence-electron chi connectivity index (χ2n) is 6.60. The smallest absolute Gasteiger partial charge is 0.272 e. The zero-order valence-corrected chi connectivity index (χ0v) is 16.1. The van der Waals surface area contributed by atoms with Crippen LogP contribution < -0.4 is 10.6 Å². The van der Waals surface area contributed by atoms with Crippen molar-refractivity contribution < 1.29 is 9.59 Å². The van der Waals surface area contributed by atoms with Crippen molar-refractivity contribution in [2.45, 2.75) is 13.5 Å². The predicted molar refractivity (Wildman–Crippen MR) is 110 cm³/mol. The van der Waals surface area contributed by atoms with Crippen LogP contribution in [0.4, 0.5) is 5.82 Å². The van der Waals surface area contributed by atoms with E-state index < -0.39 is 0 Å². The van der Waals surface area contributed by atoms with Gasteiger partial charge in [0.15, 0.2) is 5.69 Å². The van der Waals surface area contributed by atoms with E-state index in [-0.39, 0.29) is 24.1 Å². The van der Waals surface area contributed by atoms with Gasteiger partial charge in [-0.1, -0.05) is 30.3 Å². The molecule has 0 aliphatic carbocycles. The van der Waals surface area contributed by atoms with Crippen molar-refractivity contribution in [1.82, 2.24) is 24.6 Å². The highest BCUT2D eigenvalue weighted by Gasteiger charge is 2.17. The number of para-hydroxylation sites is 3. The van der Waals surface area contributed by atoms with E-state index in [9.17, 15) is 9.59 Å². The molecule has 0 aliphatic rings. The van der Waals surface area contributed by atoms with Crippen molar-refractivity contribution in [1.29, 1.82) is 0 Å². The van der Waals surface area contributed by atoms with Crippen molar-refractivity contribution in [3.63, 3.8) is 0 Å². The molecular formula is C21H20N6O2. The molecule has 0 radical (unpaired) electrons. The Kier molecular flexibility index (Phi) is 4.82. The van der Waals surface area contributed by atoms with Crippen molar-refractivity contribution >= 4 is 28.7 Å². The summed E-state index contributed by atoms with van der Waals surface area (Å²) >= 11 is 0. The summed E-state index contributed by atoms with van der Waals surface area (Å²) in [6, 6.07) is 18.6. The van der Waals surface area contributed by atoms with Crippen LogP contribution in [0.1, 0.15) is 23.2 Å². The monoisotopic (exact) mass is 388 g/mol. The van der Waals surface area contributed by atoms with Crippen LogP contribution in [0, 0.1) is 0 Å². The van der Waals surface area contributed by atoms with E-state index in [1.165, 1.54) is 11.6 Å². The molecule has 2 aromatic carbocycles. The van der Waals surface area contributed by atoms with E-state index in [1.54, 1.807) is 6.07 Å². The molecule has 2 N–H and O–H groups in total. The third kappa shape index (κ3) is 3.73. The molecule has 0 saturated carbocycles. The van der Waals surface area contributed by atoms with Gasteiger partial charge in [0.1, 0.15) is 11.6 Å². The number of benzene rings is 2. The summed E-state index contributed by atoms with van der Waals surface area (Å²) in [5, 5.41) is 9.94. The number of carbonyl (C=O) groups is 2. The number of hydrogen-bond donors (Lipinski definition) is 2. The Morgan fingerprint density at radius 3 is 2.48 bits per heavy atom. The fourth-order valence-corrected chi connectivity index (χ4v) is 3.13. The molecule has 0 atom stereocenters. The number of rotatable bonds is 5. The van der Waals surface area contributed by atoms with Crippen molar-refractivity contribution in [3.8, 4) is 5.69 Å². The number of anilines is 1. The van der Waals surface area contributed by atoms with Crippen molar-refractivity contribution in [3.05, 3.63) is 72.2 Å². The second kappa shape index (κ2) is 7.59. The first kappa shape index (κ1) is 18.4. The molecule has 29 heavy (non-hydrogen) atoms. The molecule has 2 amide bonds. The number of imidazole rings is 1. The molecule has 0 unspecified atom stereocenters. The number of carbonyl (C=O) groups excluding carboxylic acids is 2. The molecular weight excluding hydrogens is 368 g/mol. The number of nitrogens with one attached hydrogen (secondary N) is 2. The molecule has 0 spiro atoms. The summed E-state index contributed by atoms with van der Waals surface area (Å²) in [4.78, 5) is 28.8. The minimum Gasteiger partial charge on any atom is -0.343 e. The topological polar surface area (TPSA) is 93.8 Å². The van der Waals surface area contributed by atoms with Crippen molar-refractivity contribution in [2.75, 3.05) is 5.32 Å². The highest BCUT2D eigenvalue weighted by Crippen LogP contribution is 2.18. The number of hydrogen-bond acceptors (Lipinski definition) is 4. The molecule has 146 valence electrons. The maximum Gasteiger partial charge on any atom is 0.272 e. The Hall–Kier alpha value is -3.94. The maximum absolute atomic E-state index is 12.7. The molecule has 2 heterocycles. The van der Waals surface area contributed by atoms with Crippen molar-refractivity contribution in [2.24, 2.45) is 7.05 Å². The SMILES string of the molecule is CC(=O)Nc1cc(C(=O)NCc2nc3ccccc3n2C)nn1-c1ccccc1. The van der Waals surface area contributed by atoms with Crippen LogP contribution in [0.3, 0.4) is 0 Å². The van der Waals surface area contributed by atoms with E-state index in [2.05, 4.69) is 20.7 Å². The Morgan fingerprint density at radius 2 is 1.76 bits per heavy atom. The summed E-state index contributed by atoms with van der Waals surface area (Å²) in [7, 11) is 1.91. The van der Waals surface area contributed by atoms with Crippen LogP contribution in [-0.2, 0) is 18.4 Å². The van der Waals surface area contributed by atoms with Gasteiger partial charge in [-0.05, 0) is 24.3 Å². The van der Waals surface area contributed by atoms with E-state index >= 15 is 0 Å². The zero-order chi connectivity index (χ0) is 20.4. The van der Waals surface area contributed by atoms with Gasteiger partial charge in [-0.2, -0.15) is 5.10 Å². The third-order valence-corrected chi connectivity index (χ3v) is 4.53. The van der Waals surface area contributed by atoms with Crippen LogP contribution in [0.2, 0.25) is 0 Å². The third-order valence-electron chi connectivity index (χ3n) is 4.53. The fraction of sp³-hybridized carbons (Fsp3) is 0.143. The van der Waals surface area contributed by atoms with Gasteiger partial charge in [0.05, 0.1) is 23.3 Å². The molecule has 0 fully saturated rings. The largest absolute Gasteiger partial charge is 0.343 e. The van der Waals surface area contributed by atoms with Crippen LogP contribution in [0.25, 0.3) is 16.7 Å². The van der Waals surface area contributed by atoms with E-state index in [0.717, 1.165) is 22.5 Å². The lowest BCUT2D eigenvalue weighted by molar-refractivity contribution is -0.114. The average Bonchev–Trinajstić information content (AvgIpc) is 3.28. The summed E-state index contributed by atoms with van der Waals surface area (Å²) in [5.74, 6) is 0.577. The van der Waals surface area contributed by atoms with Gasteiger partial charge >= 0.3 is 0 Å². The van der Waals surface area contributed by atoms with Gasteiger partial charge in [0.25, 0.3) is 5.91 Å². The lowest BCUT2D eigenvalue weighted by atomic mass is 10.3. The van der Waals surface area contributed by atoms with E-state index in [1.807, 2.05) is 66.2 Å². The lowest BCUT2D eigenvalue weighted by Crippen LogP contribution is -2.25. The Morgan fingerprint density at radius 1 is 1.03 bits per heavy atom.